The zero-order valence-corrected chi connectivity index (χ0v) is 8.58. The van der Waals surface area contributed by atoms with Crippen molar-refractivity contribution in [2.24, 2.45) is 0 Å². The maximum atomic E-state index is 11.8. The Labute approximate surface area is 88.2 Å². The Morgan fingerprint density at radius 1 is 1.27 bits per heavy atom. The molecular weight excluding hydrogens is 194 g/mol. The van der Waals surface area contributed by atoms with Gasteiger partial charge in [-0.1, -0.05) is 6.42 Å². The minimum atomic E-state index is -0.614. The first-order valence-electron chi connectivity index (χ1n) is 5.60. The zero-order valence-electron chi connectivity index (χ0n) is 8.58. The van der Waals surface area contributed by atoms with Gasteiger partial charge in [-0.15, -0.1) is 0 Å². The summed E-state index contributed by atoms with van der Waals surface area (Å²) < 4.78 is 0. The number of amides is 3. The molecule has 0 radical (unpaired) electrons. The molecule has 0 aromatic carbocycles. The van der Waals surface area contributed by atoms with Crippen molar-refractivity contribution in [3.8, 4) is 0 Å². The van der Waals surface area contributed by atoms with E-state index in [0.29, 0.717) is 0 Å². The number of carbonyl (C=O) groups is 2. The Hall–Kier alpha value is -1.10. The molecule has 3 rings (SSSR count). The van der Waals surface area contributed by atoms with Gasteiger partial charge in [0.25, 0.3) is 5.91 Å². The second-order valence-electron chi connectivity index (χ2n) is 4.68. The molecule has 0 aromatic heterocycles. The minimum absolute atomic E-state index is 0.123. The maximum Gasteiger partial charge on any atom is 0.322 e. The van der Waals surface area contributed by atoms with Crippen LogP contribution in [0.15, 0.2) is 0 Å². The quantitative estimate of drug-likeness (QED) is 0.544. The molecule has 2 N–H and O–H groups in total. The largest absolute Gasteiger partial charge is 0.322 e. The first-order valence-corrected chi connectivity index (χ1v) is 5.60. The van der Waals surface area contributed by atoms with E-state index in [-0.39, 0.29) is 18.0 Å². The summed E-state index contributed by atoms with van der Waals surface area (Å²) in [6.45, 7) is 1.99. The highest BCUT2D eigenvalue weighted by atomic mass is 16.2. The molecule has 3 aliphatic heterocycles. The van der Waals surface area contributed by atoms with Gasteiger partial charge in [0.05, 0.1) is 0 Å². The van der Waals surface area contributed by atoms with E-state index < -0.39 is 5.54 Å². The van der Waals surface area contributed by atoms with Crippen molar-refractivity contribution in [3.63, 3.8) is 0 Å². The number of urea groups is 1. The second kappa shape index (κ2) is 2.95. The van der Waals surface area contributed by atoms with Crippen molar-refractivity contribution in [1.29, 1.82) is 0 Å². The van der Waals surface area contributed by atoms with Crippen molar-refractivity contribution in [2.45, 2.75) is 37.3 Å². The number of rotatable bonds is 0. The van der Waals surface area contributed by atoms with Gasteiger partial charge in [0.15, 0.2) is 0 Å². The lowest BCUT2D eigenvalue weighted by atomic mass is 9.85. The molecule has 3 aliphatic rings. The van der Waals surface area contributed by atoms with E-state index in [1.54, 1.807) is 0 Å². The van der Waals surface area contributed by atoms with Crippen LogP contribution in [0.25, 0.3) is 0 Å². The number of piperidine rings is 1. The van der Waals surface area contributed by atoms with E-state index in [1.807, 2.05) is 0 Å². The van der Waals surface area contributed by atoms with Crippen molar-refractivity contribution in [1.82, 2.24) is 15.5 Å². The molecular formula is C10H15N3O2. The standard InChI is InChI=1S/C10H15N3O2/c14-8-10(12-9(15)11-8)4-6-13-5-2-1-3-7(10)13/h7H,1-6H2,(H2,11,12,14,15). The van der Waals surface area contributed by atoms with E-state index >= 15 is 0 Å². The van der Waals surface area contributed by atoms with Crippen LogP contribution in [0.3, 0.4) is 0 Å². The van der Waals surface area contributed by atoms with E-state index in [4.69, 9.17) is 0 Å². The molecule has 1 spiro atoms. The Kier molecular flexibility index (Phi) is 1.80. The van der Waals surface area contributed by atoms with E-state index in [2.05, 4.69) is 15.5 Å². The molecule has 0 aromatic rings. The maximum absolute atomic E-state index is 11.8. The SMILES string of the molecule is O=C1NC(=O)C2(CCN3CCCCC32)N1. The van der Waals surface area contributed by atoms with Gasteiger partial charge >= 0.3 is 6.03 Å². The number of hydrogen-bond acceptors (Lipinski definition) is 3. The Morgan fingerprint density at radius 3 is 2.87 bits per heavy atom. The van der Waals surface area contributed by atoms with Gasteiger partial charge in [0.1, 0.15) is 5.54 Å². The minimum Gasteiger partial charge on any atom is -0.322 e. The normalized spacial score (nSPS) is 40.4. The summed E-state index contributed by atoms with van der Waals surface area (Å²) >= 11 is 0. The number of nitrogens with zero attached hydrogens (tertiary/aromatic N) is 1. The predicted octanol–water partition coefficient (Wildman–Crippen LogP) is -0.177. The van der Waals surface area contributed by atoms with Gasteiger partial charge < -0.3 is 5.32 Å². The Bertz CT molecular complexity index is 331. The lowest BCUT2D eigenvalue weighted by Crippen LogP contribution is -2.57. The molecule has 0 saturated carbocycles. The molecule has 3 heterocycles. The highest BCUT2D eigenvalue weighted by Gasteiger charge is 2.57. The molecule has 5 nitrogen and oxygen atoms in total. The van der Waals surface area contributed by atoms with Crippen molar-refractivity contribution in [2.75, 3.05) is 13.1 Å². The lowest BCUT2D eigenvalue weighted by Gasteiger charge is -2.36. The topological polar surface area (TPSA) is 61.4 Å². The summed E-state index contributed by atoms with van der Waals surface area (Å²) in [6.07, 6.45) is 4.15. The summed E-state index contributed by atoms with van der Waals surface area (Å²) in [5.74, 6) is -0.123. The first-order chi connectivity index (χ1) is 7.22. The Balaban J connectivity index is 1.92. The van der Waals surface area contributed by atoms with Crippen LogP contribution in [0.5, 0.6) is 0 Å². The van der Waals surface area contributed by atoms with Gasteiger partial charge in [0.2, 0.25) is 0 Å². The number of fused-ring (bicyclic) bond motifs is 2. The van der Waals surface area contributed by atoms with Gasteiger partial charge in [-0.3, -0.25) is 15.0 Å². The number of hydrogen-bond donors (Lipinski definition) is 2. The molecule has 82 valence electrons. The van der Waals surface area contributed by atoms with Gasteiger partial charge in [-0.05, 0) is 25.8 Å². The first kappa shape index (κ1) is 9.15. The van der Waals surface area contributed by atoms with Crippen LogP contribution in [-0.4, -0.2) is 41.5 Å². The van der Waals surface area contributed by atoms with Gasteiger partial charge in [-0.2, -0.15) is 0 Å². The van der Waals surface area contributed by atoms with E-state index in [9.17, 15) is 9.59 Å². The summed E-state index contributed by atoms with van der Waals surface area (Å²) in [6, 6.07) is -0.106. The predicted molar refractivity (Wildman–Crippen MR) is 53.2 cm³/mol. The van der Waals surface area contributed by atoms with Crippen LogP contribution in [0.2, 0.25) is 0 Å². The summed E-state index contributed by atoms with van der Waals surface area (Å²) in [5.41, 5.74) is -0.614. The smallest absolute Gasteiger partial charge is 0.322 e. The Morgan fingerprint density at radius 2 is 2.13 bits per heavy atom. The number of imide groups is 1. The molecule has 2 atom stereocenters. The fourth-order valence-electron chi connectivity index (χ4n) is 3.22. The molecule has 5 heteroatoms. The molecule has 0 aliphatic carbocycles. The number of nitrogens with one attached hydrogen (secondary N) is 2. The lowest BCUT2D eigenvalue weighted by molar-refractivity contribution is -0.125. The van der Waals surface area contributed by atoms with Crippen LogP contribution in [0, 0.1) is 0 Å². The molecule has 2 unspecified atom stereocenters. The van der Waals surface area contributed by atoms with Crippen LogP contribution in [0.1, 0.15) is 25.7 Å². The van der Waals surface area contributed by atoms with Gasteiger partial charge in [-0.25, -0.2) is 4.79 Å². The van der Waals surface area contributed by atoms with Gasteiger partial charge in [0, 0.05) is 12.6 Å². The van der Waals surface area contributed by atoms with Crippen molar-refractivity contribution in [3.05, 3.63) is 0 Å². The van der Waals surface area contributed by atoms with Crippen LogP contribution in [0.4, 0.5) is 4.79 Å². The molecule has 15 heavy (non-hydrogen) atoms. The molecule has 3 saturated heterocycles. The molecule has 3 amide bonds. The third-order valence-corrected chi connectivity index (χ3v) is 3.94. The highest BCUT2D eigenvalue weighted by Crippen LogP contribution is 2.36. The summed E-state index contributed by atoms with van der Waals surface area (Å²) in [7, 11) is 0. The zero-order chi connectivity index (χ0) is 10.5. The van der Waals surface area contributed by atoms with Crippen LogP contribution in [-0.2, 0) is 4.79 Å². The second-order valence-corrected chi connectivity index (χ2v) is 4.68. The third kappa shape index (κ3) is 1.13. The monoisotopic (exact) mass is 209 g/mol. The van der Waals surface area contributed by atoms with E-state index in [1.165, 1.54) is 6.42 Å². The van der Waals surface area contributed by atoms with Crippen LogP contribution < -0.4 is 10.6 Å². The fraction of sp³-hybridized carbons (Fsp3) is 0.800. The summed E-state index contributed by atoms with van der Waals surface area (Å²) in [5, 5.41) is 5.20. The average Bonchev–Trinajstić information content (AvgIpc) is 2.72. The van der Waals surface area contributed by atoms with Crippen LogP contribution >= 0.6 is 0 Å². The third-order valence-electron chi connectivity index (χ3n) is 3.94. The molecule has 0 bridgehead atoms. The summed E-state index contributed by atoms with van der Waals surface area (Å²) in [4.78, 5) is 25.4. The number of carbonyl (C=O) groups excluding carboxylic acids is 2. The molecule has 3 fully saturated rings. The van der Waals surface area contributed by atoms with Crippen molar-refractivity contribution >= 4 is 11.9 Å². The van der Waals surface area contributed by atoms with Crippen molar-refractivity contribution < 1.29 is 9.59 Å². The average molecular weight is 209 g/mol. The highest BCUT2D eigenvalue weighted by molar-refractivity contribution is 6.07. The van der Waals surface area contributed by atoms with E-state index in [0.717, 1.165) is 32.4 Å². The fourth-order valence-corrected chi connectivity index (χ4v) is 3.22.